The van der Waals surface area contributed by atoms with Gasteiger partial charge in [0.05, 0.1) is 11.7 Å². The molecule has 0 saturated heterocycles. The number of aryl methyl sites for hydroxylation is 1. The zero-order chi connectivity index (χ0) is 17.8. The Morgan fingerprint density at radius 3 is 2.72 bits per heavy atom. The summed E-state index contributed by atoms with van der Waals surface area (Å²) >= 11 is 5.28. The highest BCUT2D eigenvalue weighted by molar-refractivity contribution is 7.71. The number of amides is 1. The number of nitrogens with one attached hydrogen (secondary N) is 2. The van der Waals surface area contributed by atoms with Crippen LogP contribution in [-0.2, 0) is 11.3 Å². The lowest BCUT2D eigenvalue weighted by atomic mass is 10.1. The van der Waals surface area contributed by atoms with Gasteiger partial charge in [-0.05, 0) is 38.2 Å². The first-order valence-electron chi connectivity index (χ1n) is 7.97. The third-order valence-corrected chi connectivity index (χ3v) is 4.19. The van der Waals surface area contributed by atoms with Gasteiger partial charge in [0.1, 0.15) is 6.54 Å². The first-order valence-corrected chi connectivity index (χ1v) is 8.38. The van der Waals surface area contributed by atoms with E-state index in [1.54, 1.807) is 10.8 Å². The molecule has 0 fully saturated rings. The second kappa shape index (κ2) is 7.40. The molecule has 0 aliphatic carbocycles. The summed E-state index contributed by atoms with van der Waals surface area (Å²) in [5, 5.41) is 9.96. The molecule has 0 saturated carbocycles. The van der Waals surface area contributed by atoms with Gasteiger partial charge in [0.15, 0.2) is 10.6 Å². The average Bonchev–Trinajstić information content (AvgIpc) is 2.97. The maximum Gasteiger partial charge on any atom is 0.240 e. The Bertz CT molecular complexity index is 915. The van der Waals surface area contributed by atoms with Crippen LogP contribution in [-0.4, -0.2) is 25.7 Å². The Morgan fingerprint density at radius 1 is 1.28 bits per heavy atom. The van der Waals surface area contributed by atoms with Crippen LogP contribution in [0.3, 0.4) is 0 Å². The molecule has 2 heterocycles. The predicted octanol–water partition coefficient (Wildman–Crippen LogP) is 3.19. The number of hydrogen-bond acceptors (Lipinski definition) is 4. The van der Waals surface area contributed by atoms with Crippen molar-refractivity contribution in [2.75, 3.05) is 0 Å². The lowest BCUT2D eigenvalue weighted by Crippen LogP contribution is -2.30. The van der Waals surface area contributed by atoms with E-state index in [1.807, 2.05) is 56.3 Å². The van der Waals surface area contributed by atoms with E-state index >= 15 is 0 Å². The van der Waals surface area contributed by atoms with Crippen LogP contribution < -0.4 is 5.32 Å². The third-order valence-electron chi connectivity index (χ3n) is 3.88. The van der Waals surface area contributed by atoms with Crippen LogP contribution in [0.1, 0.15) is 24.2 Å². The Kier molecular flexibility index (Phi) is 5.04. The minimum Gasteiger partial charge on any atom is -0.346 e. The number of aromatic nitrogens is 4. The molecule has 3 aromatic rings. The van der Waals surface area contributed by atoms with Gasteiger partial charge < -0.3 is 5.32 Å². The van der Waals surface area contributed by atoms with Crippen LogP contribution >= 0.6 is 12.2 Å². The third kappa shape index (κ3) is 4.00. The fourth-order valence-electron chi connectivity index (χ4n) is 2.52. The first kappa shape index (κ1) is 17.0. The first-order chi connectivity index (χ1) is 12.0. The maximum atomic E-state index is 12.4. The largest absolute Gasteiger partial charge is 0.346 e. The summed E-state index contributed by atoms with van der Waals surface area (Å²) in [6.45, 7) is 4.01. The Hall–Kier alpha value is -2.80. The van der Waals surface area contributed by atoms with Gasteiger partial charge in [-0.15, -0.1) is 0 Å². The molecule has 0 aliphatic heterocycles. The number of carbonyl (C=O) groups is 1. The maximum absolute atomic E-state index is 12.4. The Morgan fingerprint density at radius 2 is 2.04 bits per heavy atom. The highest BCUT2D eigenvalue weighted by atomic mass is 32.1. The van der Waals surface area contributed by atoms with Crippen LogP contribution in [0, 0.1) is 11.7 Å². The van der Waals surface area contributed by atoms with E-state index < -0.39 is 0 Å². The van der Waals surface area contributed by atoms with E-state index in [0.717, 1.165) is 16.8 Å². The molecular weight excluding hydrogens is 334 g/mol. The molecule has 2 aromatic heterocycles. The molecule has 0 aliphatic rings. The van der Waals surface area contributed by atoms with Crippen molar-refractivity contribution >= 4 is 18.1 Å². The fraction of sp³-hybridized carbons (Fsp3) is 0.222. The monoisotopic (exact) mass is 353 g/mol. The molecule has 25 heavy (non-hydrogen) atoms. The molecule has 0 spiro atoms. The van der Waals surface area contributed by atoms with Gasteiger partial charge in [-0.25, -0.2) is 0 Å². The molecule has 1 aromatic carbocycles. The summed E-state index contributed by atoms with van der Waals surface area (Å²) in [7, 11) is 0. The standard InChI is InChI=1S/C18H19N5OS/c1-12-6-8-14(9-7-12)17-21-22-18(25)23(17)11-16(24)20-13(2)15-5-3-4-10-19-15/h3-10,13H,11H2,1-2H3,(H,20,24)(H,22,25). The molecule has 128 valence electrons. The van der Waals surface area contributed by atoms with Crippen molar-refractivity contribution in [1.29, 1.82) is 0 Å². The van der Waals surface area contributed by atoms with Gasteiger partial charge in [0, 0.05) is 11.8 Å². The van der Waals surface area contributed by atoms with E-state index in [2.05, 4.69) is 20.5 Å². The van der Waals surface area contributed by atoms with E-state index in [9.17, 15) is 4.79 Å². The second-order valence-electron chi connectivity index (χ2n) is 5.85. The number of carbonyl (C=O) groups excluding carboxylic acids is 1. The normalized spacial score (nSPS) is 11.9. The van der Waals surface area contributed by atoms with Crippen LogP contribution in [0.5, 0.6) is 0 Å². The summed E-state index contributed by atoms with van der Waals surface area (Å²) in [6.07, 6.45) is 1.71. The van der Waals surface area contributed by atoms with Crippen molar-refractivity contribution in [2.45, 2.75) is 26.4 Å². The van der Waals surface area contributed by atoms with Crippen LogP contribution in [0.2, 0.25) is 0 Å². The molecule has 2 N–H and O–H groups in total. The number of aromatic amines is 1. The number of H-pyrrole nitrogens is 1. The van der Waals surface area contributed by atoms with E-state index in [0.29, 0.717) is 10.6 Å². The zero-order valence-electron chi connectivity index (χ0n) is 14.1. The van der Waals surface area contributed by atoms with Gasteiger partial charge in [-0.2, -0.15) is 5.10 Å². The number of nitrogens with zero attached hydrogens (tertiary/aromatic N) is 3. The summed E-state index contributed by atoms with van der Waals surface area (Å²) < 4.78 is 2.11. The molecule has 6 nitrogen and oxygen atoms in total. The summed E-state index contributed by atoms with van der Waals surface area (Å²) in [6, 6.07) is 13.4. The highest BCUT2D eigenvalue weighted by Gasteiger charge is 2.15. The van der Waals surface area contributed by atoms with Crippen LogP contribution in [0.4, 0.5) is 0 Å². The minimum absolute atomic E-state index is 0.0930. The van der Waals surface area contributed by atoms with Crippen molar-refractivity contribution < 1.29 is 4.79 Å². The quantitative estimate of drug-likeness (QED) is 0.691. The summed E-state index contributed by atoms with van der Waals surface area (Å²) in [5.41, 5.74) is 2.88. The van der Waals surface area contributed by atoms with Gasteiger partial charge in [0.2, 0.25) is 5.91 Å². The van der Waals surface area contributed by atoms with E-state index in [4.69, 9.17) is 12.2 Å². The molecule has 7 heteroatoms. The molecule has 1 amide bonds. The fourth-order valence-corrected chi connectivity index (χ4v) is 2.72. The van der Waals surface area contributed by atoms with Crippen molar-refractivity contribution in [3.8, 4) is 11.4 Å². The number of benzene rings is 1. The van der Waals surface area contributed by atoms with Crippen molar-refractivity contribution in [2.24, 2.45) is 0 Å². The lowest BCUT2D eigenvalue weighted by molar-refractivity contribution is -0.122. The smallest absolute Gasteiger partial charge is 0.240 e. The zero-order valence-corrected chi connectivity index (χ0v) is 14.9. The van der Waals surface area contributed by atoms with Gasteiger partial charge >= 0.3 is 0 Å². The summed E-state index contributed by atoms with van der Waals surface area (Å²) in [5.74, 6) is 0.495. The van der Waals surface area contributed by atoms with E-state index in [1.165, 1.54) is 0 Å². The van der Waals surface area contributed by atoms with Crippen molar-refractivity contribution in [1.82, 2.24) is 25.1 Å². The average molecular weight is 353 g/mol. The van der Waals surface area contributed by atoms with E-state index in [-0.39, 0.29) is 18.5 Å². The predicted molar refractivity (Wildman–Crippen MR) is 98.4 cm³/mol. The molecule has 0 radical (unpaired) electrons. The van der Waals surface area contributed by atoms with Gasteiger partial charge in [-0.3, -0.25) is 19.4 Å². The minimum atomic E-state index is -0.183. The molecular formula is C18H19N5OS. The molecule has 0 bridgehead atoms. The molecule has 1 atom stereocenters. The molecule has 3 rings (SSSR count). The Balaban J connectivity index is 1.77. The number of rotatable bonds is 5. The second-order valence-corrected chi connectivity index (χ2v) is 6.24. The van der Waals surface area contributed by atoms with Crippen LogP contribution in [0.15, 0.2) is 48.7 Å². The van der Waals surface area contributed by atoms with Gasteiger partial charge in [-0.1, -0.05) is 35.9 Å². The van der Waals surface area contributed by atoms with Crippen LogP contribution in [0.25, 0.3) is 11.4 Å². The van der Waals surface area contributed by atoms with Crippen molar-refractivity contribution in [3.63, 3.8) is 0 Å². The highest BCUT2D eigenvalue weighted by Crippen LogP contribution is 2.18. The number of pyridine rings is 1. The summed E-state index contributed by atoms with van der Waals surface area (Å²) in [4.78, 5) is 16.7. The van der Waals surface area contributed by atoms with Gasteiger partial charge in [0.25, 0.3) is 0 Å². The lowest BCUT2D eigenvalue weighted by Gasteiger charge is -2.14. The topological polar surface area (TPSA) is 75.6 Å². The van der Waals surface area contributed by atoms with Crippen molar-refractivity contribution in [3.05, 3.63) is 64.7 Å². The number of hydrogen-bond donors (Lipinski definition) is 2. The Labute approximate surface area is 150 Å². The molecule has 1 unspecified atom stereocenters. The SMILES string of the molecule is Cc1ccc(-c2n[nH]c(=S)n2CC(=O)NC(C)c2ccccn2)cc1.